The molecular formula is C23H24ClN3O2. The van der Waals surface area contributed by atoms with E-state index >= 15 is 0 Å². The number of benzene rings is 2. The van der Waals surface area contributed by atoms with Gasteiger partial charge in [-0.05, 0) is 30.7 Å². The van der Waals surface area contributed by atoms with E-state index in [1.165, 1.54) is 5.56 Å². The quantitative estimate of drug-likeness (QED) is 0.661. The second-order valence-corrected chi connectivity index (χ2v) is 7.81. The summed E-state index contributed by atoms with van der Waals surface area (Å²) < 4.78 is 1.94. The Morgan fingerprint density at radius 2 is 1.76 bits per heavy atom. The molecule has 4 rings (SSSR count). The van der Waals surface area contributed by atoms with E-state index in [0.29, 0.717) is 30.0 Å². The predicted octanol–water partition coefficient (Wildman–Crippen LogP) is 3.63. The SMILES string of the molecule is CCn1cc(C(=O)N2CCN(Cc3ccccc3)CC2)c(=O)c2cc(Cl)ccc21. The van der Waals surface area contributed by atoms with Gasteiger partial charge in [0, 0.05) is 55.9 Å². The number of pyridine rings is 1. The maximum Gasteiger partial charge on any atom is 0.259 e. The molecule has 6 heteroatoms. The minimum absolute atomic E-state index is 0.196. The summed E-state index contributed by atoms with van der Waals surface area (Å²) >= 11 is 6.10. The third-order valence-corrected chi connectivity index (χ3v) is 5.76. The van der Waals surface area contributed by atoms with Crippen LogP contribution in [0.5, 0.6) is 0 Å². The Morgan fingerprint density at radius 1 is 1.03 bits per heavy atom. The molecule has 0 N–H and O–H groups in total. The summed E-state index contributed by atoms with van der Waals surface area (Å²) in [5, 5.41) is 0.990. The van der Waals surface area contributed by atoms with Crippen LogP contribution >= 0.6 is 11.6 Å². The molecule has 3 aromatic rings. The molecule has 5 nitrogen and oxygen atoms in total. The lowest BCUT2D eigenvalue weighted by Gasteiger charge is -2.34. The summed E-state index contributed by atoms with van der Waals surface area (Å²) in [6, 6.07) is 15.6. The third kappa shape index (κ3) is 4.07. The molecule has 1 saturated heterocycles. The molecule has 2 aromatic carbocycles. The van der Waals surface area contributed by atoms with Gasteiger partial charge < -0.3 is 9.47 Å². The highest BCUT2D eigenvalue weighted by Gasteiger charge is 2.25. The Bertz CT molecular complexity index is 1090. The van der Waals surface area contributed by atoms with Crippen molar-refractivity contribution >= 4 is 28.4 Å². The van der Waals surface area contributed by atoms with Crippen LogP contribution in [0.3, 0.4) is 0 Å². The van der Waals surface area contributed by atoms with Crippen LogP contribution in [0.1, 0.15) is 22.8 Å². The second kappa shape index (κ2) is 8.39. The van der Waals surface area contributed by atoms with Crippen LogP contribution in [-0.2, 0) is 13.1 Å². The monoisotopic (exact) mass is 409 g/mol. The number of aromatic nitrogens is 1. The van der Waals surface area contributed by atoms with E-state index in [1.54, 1.807) is 23.2 Å². The summed E-state index contributed by atoms with van der Waals surface area (Å²) in [5.41, 5.74) is 2.04. The zero-order valence-electron chi connectivity index (χ0n) is 16.5. The van der Waals surface area contributed by atoms with Gasteiger partial charge in [0.15, 0.2) is 0 Å². The Balaban J connectivity index is 1.54. The maximum absolute atomic E-state index is 13.1. The molecule has 0 atom stereocenters. The number of carbonyl (C=O) groups excluding carboxylic acids is 1. The summed E-state index contributed by atoms with van der Waals surface area (Å²) in [4.78, 5) is 30.3. The van der Waals surface area contributed by atoms with Crippen LogP contribution in [0.2, 0.25) is 5.02 Å². The lowest BCUT2D eigenvalue weighted by atomic mass is 10.1. The maximum atomic E-state index is 13.1. The van der Waals surface area contributed by atoms with E-state index in [2.05, 4.69) is 17.0 Å². The van der Waals surface area contributed by atoms with Crippen molar-refractivity contribution in [2.45, 2.75) is 20.0 Å². The van der Waals surface area contributed by atoms with E-state index in [1.807, 2.05) is 35.8 Å². The van der Waals surface area contributed by atoms with Gasteiger partial charge in [0.1, 0.15) is 5.56 Å². The summed E-state index contributed by atoms with van der Waals surface area (Å²) in [5.74, 6) is -0.196. The van der Waals surface area contributed by atoms with Gasteiger partial charge >= 0.3 is 0 Å². The van der Waals surface area contributed by atoms with Crippen molar-refractivity contribution in [3.8, 4) is 0 Å². The Labute approximate surface area is 175 Å². The second-order valence-electron chi connectivity index (χ2n) is 7.37. The largest absolute Gasteiger partial charge is 0.347 e. The molecule has 1 fully saturated rings. The Hall–Kier alpha value is -2.63. The van der Waals surface area contributed by atoms with Crippen LogP contribution in [0.15, 0.2) is 59.5 Å². The molecule has 1 aromatic heterocycles. The van der Waals surface area contributed by atoms with Gasteiger partial charge in [0.2, 0.25) is 5.43 Å². The lowest BCUT2D eigenvalue weighted by molar-refractivity contribution is 0.0626. The highest BCUT2D eigenvalue weighted by molar-refractivity contribution is 6.31. The highest BCUT2D eigenvalue weighted by Crippen LogP contribution is 2.19. The Kier molecular flexibility index (Phi) is 5.69. The number of amides is 1. The molecule has 150 valence electrons. The van der Waals surface area contributed by atoms with E-state index in [0.717, 1.165) is 25.2 Å². The van der Waals surface area contributed by atoms with Gasteiger partial charge in [-0.3, -0.25) is 14.5 Å². The minimum atomic E-state index is -0.246. The van der Waals surface area contributed by atoms with Crippen LogP contribution in [0.25, 0.3) is 10.9 Å². The molecule has 0 spiro atoms. The van der Waals surface area contributed by atoms with Crippen molar-refractivity contribution in [2.75, 3.05) is 26.2 Å². The van der Waals surface area contributed by atoms with Crippen molar-refractivity contribution in [2.24, 2.45) is 0 Å². The van der Waals surface area contributed by atoms with Gasteiger partial charge in [-0.15, -0.1) is 0 Å². The van der Waals surface area contributed by atoms with Crippen LogP contribution < -0.4 is 5.43 Å². The third-order valence-electron chi connectivity index (χ3n) is 5.52. The first-order chi connectivity index (χ1) is 14.1. The molecule has 0 radical (unpaired) electrons. The zero-order valence-corrected chi connectivity index (χ0v) is 17.2. The number of nitrogens with zero attached hydrogens (tertiary/aromatic N) is 3. The fraction of sp³-hybridized carbons (Fsp3) is 0.304. The van der Waals surface area contributed by atoms with Crippen molar-refractivity contribution in [1.29, 1.82) is 0 Å². The van der Waals surface area contributed by atoms with Gasteiger partial charge in [-0.2, -0.15) is 0 Å². The molecule has 2 heterocycles. The summed E-state index contributed by atoms with van der Waals surface area (Å²) in [6.45, 7) is 6.36. The average molecular weight is 410 g/mol. The van der Waals surface area contributed by atoms with Gasteiger partial charge in [0.25, 0.3) is 5.91 Å². The molecule has 1 amide bonds. The molecule has 0 bridgehead atoms. The summed E-state index contributed by atoms with van der Waals surface area (Å²) in [7, 11) is 0. The smallest absolute Gasteiger partial charge is 0.259 e. The van der Waals surface area contributed by atoms with Crippen LogP contribution in [-0.4, -0.2) is 46.5 Å². The highest BCUT2D eigenvalue weighted by atomic mass is 35.5. The number of hydrogen-bond donors (Lipinski definition) is 0. The molecular weight excluding hydrogens is 386 g/mol. The Morgan fingerprint density at radius 3 is 2.45 bits per heavy atom. The molecule has 0 aliphatic carbocycles. The zero-order chi connectivity index (χ0) is 20.4. The number of carbonyl (C=O) groups is 1. The normalized spacial score (nSPS) is 15.0. The van der Waals surface area contributed by atoms with E-state index in [4.69, 9.17) is 11.6 Å². The molecule has 0 saturated carbocycles. The fourth-order valence-electron chi connectivity index (χ4n) is 3.90. The number of aryl methyl sites for hydroxylation is 1. The first-order valence-corrected chi connectivity index (χ1v) is 10.3. The van der Waals surface area contributed by atoms with Gasteiger partial charge in [-0.1, -0.05) is 41.9 Å². The van der Waals surface area contributed by atoms with Crippen molar-refractivity contribution in [1.82, 2.24) is 14.4 Å². The molecule has 1 aliphatic heterocycles. The lowest BCUT2D eigenvalue weighted by Crippen LogP contribution is -2.49. The first kappa shape index (κ1) is 19.7. The van der Waals surface area contributed by atoms with Crippen LogP contribution in [0.4, 0.5) is 0 Å². The van der Waals surface area contributed by atoms with E-state index < -0.39 is 0 Å². The van der Waals surface area contributed by atoms with Crippen molar-refractivity contribution in [3.63, 3.8) is 0 Å². The number of piperazine rings is 1. The molecule has 0 unspecified atom stereocenters. The number of halogens is 1. The first-order valence-electron chi connectivity index (χ1n) is 9.95. The van der Waals surface area contributed by atoms with E-state index in [9.17, 15) is 9.59 Å². The van der Waals surface area contributed by atoms with Crippen LogP contribution in [0, 0.1) is 0 Å². The molecule has 29 heavy (non-hydrogen) atoms. The van der Waals surface area contributed by atoms with Crippen molar-refractivity contribution in [3.05, 3.63) is 81.1 Å². The van der Waals surface area contributed by atoms with Gasteiger partial charge in [0.05, 0.1) is 5.52 Å². The predicted molar refractivity (Wildman–Crippen MR) is 117 cm³/mol. The standard InChI is InChI=1S/C23H24ClN3O2/c1-2-26-16-20(22(28)19-14-18(24)8-9-21(19)26)23(29)27-12-10-25(11-13-27)15-17-6-4-3-5-7-17/h3-9,14,16H,2,10-13,15H2,1H3. The van der Waals surface area contributed by atoms with E-state index in [-0.39, 0.29) is 16.9 Å². The van der Waals surface area contributed by atoms with Gasteiger partial charge in [-0.25, -0.2) is 0 Å². The minimum Gasteiger partial charge on any atom is -0.347 e. The average Bonchev–Trinajstić information content (AvgIpc) is 2.75. The van der Waals surface area contributed by atoms with Crippen molar-refractivity contribution < 1.29 is 4.79 Å². The molecule has 1 aliphatic rings. The number of hydrogen-bond acceptors (Lipinski definition) is 3. The number of rotatable bonds is 4. The fourth-order valence-corrected chi connectivity index (χ4v) is 4.08. The summed E-state index contributed by atoms with van der Waals surface area (Å²) in [6.07, 6.45) is 1.69. The number of fused-ring (bicyclic) bond motifs is 1. The topological polar surface area (TPSA) is 45.6 Å².